The van der Waals surface area contributed by atoms with E-state index in [0.717, 1.165) is 49.3 Å². The molecule has 5 aromatic carbocycles. The Morgan fingerprint density at radius 2 is 1.05 bits per heavy atom. The molecule has 38 heavy (non-hydrogen) atoms. The molecule has 0 aliphatic carbocycles. The zero-order chi connectivity index (χ0) is 25.6. The summed E-state index contributed by atoms with van der Waals surface area (Å²) >= 11 is 0.933. The Balaban J connectivity index is 1.23. The van der Waals surface area contributed by atoms with Crippen molar-refractivity contribution in [3.63, 3.8) is 0 Å². The Kier molecular flexibility index (Phi) is 7.33. The number of rotatable bonds is 8. The molecule has 1 heterocycles. The van der Waals surface area contributed by atoms with E-state index in [1.165, 1.54) is 5.56 Å². The fourth-order valence-electron chi connectivity index (χ4n) is 4.25. The SMILES string of the molecule is c1ccc(-c2ccc([O][Al][O]c3ccccc3-c3nc(-c4ccccc4)c(-c4ccccc4)s3)cc2)cc1. The Morgan fingerprint density at radius 1 is 0.500 bits per heavy atom. The first kappa shape index (κ1) is 24.2. The summed E-state index contributed by atoms with van der Waals surface area (Å²) in [6.45, 7) is 0. The van der Waals surface area contributed by atoms with Crippen LogP contribution in [-0.4, -0.2) is 20.9 Å². The molecule has 1 aromatic heterocycles. The summed E-state index contributed by atoms with van der Waals surface area (Å²) in [5, 5.41) is 0.921. The number of aromatic nitrogens is 1. The first-order chi connectivity index (χ1) is 18.8. The lowest BCUT2D eigenvalue weighted by atomic mass is 10.1. The summed E-state index contributed by atoms with van der Waals surface area (Å²) in [4.78, 5) is 6.24. The van der Waals surface area contributed by atoms with Crippen LogP contribution in [0.15, 0.2) is 140 Å². The number of benzene rings is 5. The van der Waals surface area contributed by atoms with Gasteiger partial charge in [0.05, 0.1) is 22.1 Å². The molecule has 0 fully saturated rings. The van der Waals surface area contributed by atoms with E-state index in [4.69, 9.17) is 12.6 Å². The number of thiazole rings is 1. The maximum absolute atomic E-state index is 6.20. The van der Waals surface area contributed by atoms with Gasteiger partial charge in [-0.25, -0.2) is 4.98 Å². The van der Waals surface area contributed by atoms with Crippen LogP contribution in [0.3, 0.4) is 0 Å². The normalized spacial score (nSPS) is 10.6. The minimum Gasteiger partial charge on any atom is -0.616 e. The zero-order valence-electron chi connectivity index (χ0n) is 20.5. The van der Waals surface area contributed by atoms with Crippen LogP contribution in [0.2, 0.25) is 0 Å². The quantitative estimate of drug-likeness (QED) is 0.186. The molecule has 0 saturated heterocycles. The Bertz CT molecular complexity index is 1560. The van der Waals surface area contributed by atoms with Gasteiger partial charge in [-0.1, -0.05) is 115 Å². The van der Waals surface area contributed by atoms with Crippen molar-refractivity contribution in [2.75, 3.05) is 0 Å². The van der Waals surface area contributed by atoms with Crippen LogP contribution >= 0.6 is 11.3 Å². The van der Waals surface area contributed by atoms with Crippen LogP contribution < -0.4 is 7.58 Å². The molecule has 0 N–H and O–H groups in total. The van der Waals surface area contributed by atoms with Gasteiger partial charge in [0.15, 0.2) is 0 Å². The summed E-state index contributed by atoms with van der Waals surface area (Å²) in [7, 11) is 0. The lowest BCUT2D eigenvalue weighted by molar-refractivity contribution is 0.460. The molecule has 1 radical (unpaired) electrons. The average Bonchev–Trinajstić information content (AvgIpc) is 3.45. The van der Waals surface area contributed by atoms with E-state index >= 15 is 0 Å². The van der Waals surface area contributed by atoms with Crippen molar-refractivity contribution < 1.29 is 7.58 Å². The van der Waals surface area contributed by atoms with Gasteiger partial charge < -0.3 is 7.58 Å². The number of hydrogen-bond acceptors (Lipinski definition) is 4. The maximum atomic E-state index is 6.20. The highest BCUT2D eigenvalue weighted by atomic mass is 32.1. The van der Waals surface area contributed by atoms with Gasteiger partial charge in [0.2, 0.25) is 0 Å². The molecule has 0 amide bonds. The smallest absolute Gasteiger partial charge is 0.616 e. The fraction of sp³-hybridized carbons (Fsp3) is 0. The monoisotopic (exact) mass is 524 g/mol. The first-order valence-electron chi connectivity index (χ1n) is 12.4. The van der Waals surface area contributed by atoms with E-state index in [1.807, 2.05) is 72.8 Å². The Labute approximate surface area is 233 Å². The lowest BCUT2D eigenvalue weighted by Gasteiger charge is -2.12. The van der Waals surface area contributed by atoms with E-state index in [1.54, 1.807) is 11.3 Å². The van der Waals surface area contributed by atoms with E-state index in [9.17, 15) is 0 Å². The fourth-order valence-corrected chi connectivity index (χ4v) is 5.99. The first-order valence-corrected chi connectivity index (χ1v) is 14.1. The molecule has 0 aliphatic heterocycles. The van der Waals surface area contributed by atoms with Crippen molar-refractivity contribution in [3.05, 3.63) is 140 Å². The van der Waals surface area contributed by atoms with Crippen LogP contribution in [0, 0.1) is 0 Å². The summed E-state index contributed by atoms with van der Waals surface area (Å²) in [5.74, 6) is 1.57. The highest BCUT2D eigenvalue weighted by Crippen LogP contribution is 2.42. The number of hydrogen-bond donors (Lipinski definition) is 0. The molecule has 181 valence electrons. The third kappa shape index (κ3) is 5.42. The van der Waals surface area contributed by atoms with Crippen molar-refractivity contribution in [3.8, 4) is 54.9 Å². The van der Waals surface area contributed by atoms with Gasteiger partial charge in [-0.05, 0) is 41.0 Å². The molecule has 0 spiro atoms. The summed E-state index contributed by atoms with van der Waals surface area (Å²) in [6.07, 6.45) is 0. The molecule has 0 atom stereocenters. The van der Waals surface area contributed by atoms with E-state index < -0.39 is 15.9 Å². The van der Waals surface area contributed by atoms with Gasteiger partial charge in [0.25, 0.3) is 0 Å². The number of para-hydroxylation sites is 1. The van der Waals surface area contributed by atoms with Crippen LogP contribution in [-0.2, 0) is 0 Å². The largest absolute Gasteiger partial charge is 0.881 e. The second-order valence-electron chi connectivity index (χ2n) is 8.65. The molecule has 0 saturated carbocycles. The van der Waals surface area contributed by atoms with Gasteiger partial charge in [0.1, 0.15) is 5.01 Å². The minimum absolute atomic E-state index is 0.748. The van der Waals surface area contributed by atoms with Crippen molar-refractivity contribution in [1.82, 2.24) is 4.98 Å². The highest BCUT2D eigenvalue weighted by molar-refractivity contribution is 7.19. The summed E-state index contributed by atoms with van der Waals surface area (Å²) in [5.41, 5.74) is 6.54. The lowest BCUT2D eigenvalue weighted by Crippen LogP contribution is -2.11. The summed E-state index contributed by atoms with van der Waals surface area (Å²) < 4.78 is 12.2. The predicted octanol–water partition coefficient (Wildman–Crippen LogP) is 8.80. The van der Waals surface area contributed by atoms with E-state index in [-0.39, 0.29) is 0 Å². The highest BCUT2D eigenvalue weighted by Gasteiger charge is 2.19. The van der Waals surface area contributed by atoms with Gasteiger partial charge >= 0.3 is 15.9 Å². The molecule has 3 nitrogen and oxygen atoms in total. The van der Waals surface area contributed by atoms with E-state index in [2.05, 4.69) is 66.7 Å². The topological polar surface area (TPSA) is 31.4 Å². The van der Waals surface area contributed by atoms with Crippen molar-refractivity contribution in [2.45, 2.75) is 0 Å². The third-order valence-electron chi connectivity index (χ3n) is 6.15. The summed E-state index contributed by atoms with van der Waals surface area (Å²) in [6, 6.07) is 47.3. The van der Waals surface area contributed by atoms with E-state index in [0.29, 0.717) is 0 Å². The average molecular weight is 525 g/mol. The van der Waals surface area contributed by atoms with Crippen molar-refractivity contribution in [2.24, 2.45) is 0 Å². The van der Waals surface area contributed by atoms with Gasteiger partial charge in [0, 0.05) is 11.1 Å². The number of nitrogens with zero attached hydrogens (tertiary/aromatic N) is 1. The van der Waals surface area contributed by atoms with Crippen LogP contribution in [0.1, 0.15) is 0 Å². The third-order valence-corrected chi connectivity index (χ3v) is 8.00. The molecule has 0 aliphatic rings. The maximum Gasteiger partial charge on any atom is 0.881 e. The van der Waals surface area contributed by atoms with Crippen molar-refractivity contribution >= 4 is 27.2 Å². The predicted molar refractivity (Wildman–Crippen MR) is 157 cm³/mol. The molecule has 5 heteroatoms. The Morgan fingerprint density at radius 3 is 1.74 bits per heavy atom. The Hall–Kier alpha value is -4.14. The van der Waals surface area contributed by atoms with Gasteiger partial charge in [-0.2, -0.15) is 0 Å². The molecule has 6 rings (SSSR count). The molecular weight excluding hydrogens is 501 g/mol. The molecular formula is C33H23AlNO2S. The van der Waals surface area contributed by atoms with Crippen LogP contribution in [0.4, 0.5) is 0 Å². The molecule has 0 bridgehead atoms. The van der Waals surface area contributed by atoms with Crippen molar-refractivity contribution in [1.29, 1.82) is 0 Å². The zero-order valence-corrected chi connectivity index (χ0v) is 22.5. The van der Waals surface area contributed by atoms with Gasteiger partial charge in [-0.3, -0.25) is 0 Å². The van der Waals surface area contributed by atoms with Crippen LogP contribution in [0.25, 0.3) is 43.4 Å². The second-order valence-corrected chi connectivity index (χ2v) is 10.3. The second kappa shape index (κ2) is 11.5. The van der Waals surface area contributed by atoms with Crippen LogP contribution in [0.5, 0.6) is 11.5 Å². The molecule has 0 unspecified atom stereocenters. The minimum atomic E-state index is -0.748. The standard InChI is InChI=1S/C21H15NOS.C12H10O.Al/c23-18-14-8-7-13-17(18)21-22-19(15-9-3-1-4-10-15)20(24-21)16-11-5-2-6-12-16;13-12-8-6-11(7-9-12)10-4-2-1-3-5-10;/h1-14,23H;1-9,13H;/q;;+2/p-2. The molecule has 6 aromatic rings. The van der Waals surface area contributed by atoms with Gasteiger partial charge in [-0.15, -0.1) is 11.3 Å².